The molecule has 0 spiro atoms. The first-order valence-electron chi connectivity index (χ1n) is 7.86. The van der Waals surface area contributed by atoms with E-state index in [0.717, 1.165) is 30.5 Å². The second kappa shape index (κ2) is 4.73. The third-order valence-corrected chi connectivity index (χ3v) is 4.99. The van der Waals surface area contributed by atoms with Crippen LogP contribution in [0.15, 0.2) is 12.1 Å². The molecule has 0 fully saturated rings. The van der Waals surface area contributed by atoms with E-state index in [0.29, 0.717) is 24.6 Å². The molecule has 1 aliphatic carbocycles. The minimum Gasteiger partial charge on any atom is -0.486 e. The second-order valence-electron chi connectivity index (χ2n) is 6.66. The van der Waals surface area contributed by atoms with Gasteiger partial charge in [0, 0.05) is 23.4 Å². The number of benzene rings is 1. The van der Waals surface area contributed by atoms with Crippen LogP contribution in [0.4, 0.5) is 10.1 Å². The number of nitrogens with zero attached hydrogens (tertiary/aromatic N) is 1. The highest BCUT2D eigenvalue weighted by Crippen LogP contribution is 2.43. The summed E-state index contributed by atoms with van der Waals surface area (Å²) in [4.78, 5) is 0. The molecule has 1 unspecified atom stereocenters. The SMILES string of the molecule is CCC1(C)Cc2[nH]nc(-c3cc(F)c4c(c3)NCCO4)c2C1. The number of nitrogens with one attached hydrogen (secondary N) is 2. The lowest BCUT2D eigenvalue weighted by Gasteiger charge is -2.21. The molecule has 22 heavy (non-hydrogen) atoms. The molecule has 1 atom stereocenters. The van der Waals surface area contributed by atoms with Crippen molar-refractivity contribution in [3.63, 3.8) is 0 Å². The van der Waals surface area contributed by atoms with E-state index < -0.39 is 0 Å². The quantitative estimate of drug-likeness (QED) is 0.892. The number of fused-ring (bicyclic) bond motifs is 2. The fraction of sp³-hybridized carbons (Fsp3) is 0.471. The Bertz CT molecular complexity index is 740. The highest BCUT2D eigenvalue weighted by Gasteiger charge is 2.35. The van der Waals surface area contributed by atoms with Crippen LogP contribution in [0, 0.1) is 11.2 Å². The number of hydrogen-bond acceptors (Lipinski definition) is 3. The summed E-state index contributed by atoms with van der Waals surface area (Å²) in [6, 6.07) is 3.47. The smallest absolute Gasteiger partial charge is 0.178 e. The normalized spacial score (nSPS) is 22.7. The highest BCUT2D eigenvalue weighted by atomic mass is 19.1. The molecule has 2 N–H and O–H groups in total. The van der Waals surface area contributed by atoms with E-state index in [-0.39, 0.29) is 11.2 Å². The van der Waals surface area contributed by atoms with Gasteiger partial charge in [-0.05, 0) is 30.4 Å². The molecule has 1 aliphatic heterocycles. The van der Waals surface area contributed by atoms with Gasteiger partial charge in [0.15, 0.2) is 11.6 Å². The Labute approximate surface area is 129 Å². The summed E-state index contributed by atoms with van der Waals surface area (Å²) in [7, 11) is 0. The van der Waals surface area contributed by atoms with Crippen molar-refractivity contribution in [3.05, 3.63) is 29.2 Å². The van der Waals surface area contributed by atoms with E-state index in [2.05, 4.69) is 29.4 Å². The Morgan fingerprint density at radius 2 is 2.23 bits per heavy atom. The molecular formula is C17H20FN3O. The summed E-state index contributed by atoms with van der Waals surface area (Å²) in [5.74, 6) is -0.00622. The number of halogens is 1. The van der Waals surface area contributed by atoms with Crippen LogP contribution in [0.25, 0.3) is 11.3 Å². The van der Waals surface area contributed by atoms with Crippen molar-refractivity contribution in [1.29, 1.82) is 0 Å². The third-order valence-electron chi connectivity index (χ3n) is 4.99. The molecular weight excluding hydrogens is 281 g/mol. The van der Waals surface area contributed by atoms with Gasteiger partial charge in [-0.1, -0.05) is 20.3 Å². The number of aromatic amines is 1. The van der Waals surface area contributed by atoms with Gasteiger partial charge < -0.3 is 10.1 Å². The molecule has 0 radical (unpaired) electrons. The van der Waals surface area contributed by atoms with Gasteiger partial charge in [-0.3, -0.25) is 5.10 Å². The molecule has 1 aromatic carbocycles. The Hall–Kier alpha value is -2.04. The van der Waals surface area contributed by atoms with Crippen LogP contribution < -0.4 is 10.1 Å². The fourth-order valence-corrected chi connectivity index (χ4v) is 3.49. The first kappa shape index (κ1) is 13.6. The summed E-state index contributed by atoms with van der Waals surface area (Å²) in [6.45, 7) is 5.71. The molecule has 5 heteroatoms. The van der Waals surface area contributed by atoms with Gasteiger partial charge in [0.2, 0.25) is 0 Å². The molecule has 4 nitrogen and oxygen atoms in total. The van der Waals surface area contributed by atoms with E-state index in [9.17, 15) is 4.39 Å². The van der Waals surface area contributed by atoms with Crippen molar-refractivity contribution >= 4 is 5.69 Å². The predicted octanol–water partition coefficient (Wildman–Crippen LogP) is 3.54. The lowest BCUT2D eigenvalue weighted by atomic mass is 9.84. The zero-order valence-corrected chi connectivity index (χ0v) is 12.9. The maximum atomic E-state index is 14.3. The lowest BCUT2D eigenvalue weighted by Crippen LogP contribution is -2.19. The number of ether oxygens (including phenoxy) is 1. The molecule has 0 bridgehead atoms. The Balaban J connectivity index is 1.77. The first-order valence-corrected chi connectivity index (χ1v) is 7.86. The van der Waals surface area contributed by atoms with Crippen molar-refractivity contribution in [2.24, 2.45) is 5.41 Å². The van der Waals surface area contributed by atoms with Crippen LogP contribution in [0.5, 0.6) is 5.75 Å². The molecule has 2 aliphatic rings. The molecule has 2 heterocycles. The Kier molecular flexibility index (Phi) is 2.93. The van der Waals surface area contributed by atoms with Gasteiger partial charge in [0.05, 0.1) is 11.4 Å². The largest absolute Gasteiger partial charge is 0.486 e. The highest BCUT2D eigenvalue weighted by molar-refractivity contribution is 5.73. The van der Waals surface area contributed by atoms with Crippen LogP contribution >= 0.6 is 0 Å². The number of anilines is 1. The molecule has 1 aromatic heterocycles. The molecule has 0 saturated heterocycles. The zero-order valence-electron chi connectivity index (χ0n) is 12.9. The van der Waals surface area contributed by atoms with Crippen molar-refractivity contribution in [2.45, 2.75) is 33.1 Å². The predicted molar refractivity (Wildman–Crippen MR) is 83.8 cm³/mol. The van der Waals surface area contributed by atoms with Crippen LogP contribution in [0.1, 0.15) is 31.5 Å². The first-order chi connectivity index (χ1) is 10.6. The minimum absolute atomic E-state index is 0.285. The van der Waals surface area contributed by atoms with E-state index in [1.165, 1.54) is 17.3 Å². The second-order valence-corrected chi connectivity index (χ2v) is 6.66. The minimum atomic E-state index is -0.326. The summed E-state index contributed by atoms with van der Waals surface area (Å²) >= 11 is 0. The van der Waals surface area contributed by atoms with Crippen molar-refractivity contribution in [1.82, 2.24) is 10.2 Å². The summed E-state index contributed by atoms with van der Waals surface area (Å²) < 4.78 is 19.7. The standard InChI is InChI=1S/C17H20FN3O/c1-3-17(2)8-11-14(9-17)20-21-15(11)10-6-12(18)16-13(7-10)19-4-5-22-16/h6-7,19H,3-5,8-9H2,1-2H3,(H,20,21). The van der Waals surface area contributed by atoms with E-state index >= 15 is 0 Å². The topological polar surface area (TPSA) is 49.9 Å². The molecule has 2 aromatic rings. The summed E-state index contributed by atoms with van der Waals surface area (Å²) in [5.41, 5.74) is 5.12. The molecule has 4 rings (SSSR count). The van der Waals surface area contributed by atoms with Crippen LogP contribution in [0.3, 0.4) is 0 Å². The van der Waals surface area contributed by atoms with Gasteiger partial charge in [0.25, 0.3) is 0 Å². The van der Waals surface area contributed by atoms with E-state index in [1.54, 1.807) is 0 Å². The van der Waals surface area contributed by atoms with Gasteiger partial charge in [-0.25, -0.2) is 4.39 Å². The van der Waals surface area contributed by atoms with Crippen molar-refractivity contribution in [3.8, 4) is 17.0 Å². The number of rotatable bonds is 2. The van der Waals surface area contributed by atoms with E-state index in [4.69, 9.17) is 4.74 Å². The van der Waals surface area contributed by atoms with Crippen LogP contribution in [-0.2, 0) is 12.8 Å². The monoisotopic (exact) mass is 301 g/mol. The summed E-state index contributed by atoms with van der Waals surface area (Å²) in [5, 5.41) is 10.8. The average molecular weight is 301 g/mol. The molecule has 116 valence electrons. The number of H-pyrrole nitrogens is 1. The fourth-order valence-electron chi connectivity index (χ4n) is 3.49. The van der Waals surface area contributed by atoms with Gasteiger partial charge in [-0.2, -0.15) is 5.10 Å². The average Bonchev–Trinajstić information content (AvgIpc) is 3.04. The number of hydrogen-bond donors (Lipinski definition) is 2. The van der Waals surface area contributed by atoms with E-state index in [1.807, 2.05) is 6.07 Å². The van der Waals surface area contributed by atoms with Gasteiger partial charge >= 0.3 is 0 Å². The summed E-state index contributed by atoms with van der Waals surface area (Å²) in [6.07, 6.45) is 3.14. The lowest BCUT2D eigenvalue weighted by molar-refractivity contribution is 0.306. The third kappa shape index (κ3) is 1.99. The number of aromatic nitrogens is 2. The van der Waals surface area contributed by atoms with Crippen LogP contribution in [0.2, 0.25) is 0 Å². The maximum absolute atomic E-state index is 14.3. The maximum Gasteiger partial charge on any atom is 0.178 e. The Morgan fingerprint density at radius 3 is 3.05 bits per heavy atom. The molecule has 0 amide bonds. The van der Waals surface area contributed by atoms with Crippen LogP contribution in [-0.4, -0.2) is 23.3 Å². The zero-order chi connectivity index (χ0) is 15.3. The van der Waals surface area contributed by atoms with Crippen molar-refractivity contribution in [2.75, 3.05) is 18.5 Å². The van der Waals surface area contributed by atoms with Gasteiger partial charge in [0.1, 0.15) is 6.61 Å². The van der Waals surface area contributed by atoms with Crippen molar-refractivity contribution < 1.29 is 9.13 Å². The Morgan fingerprint density at radius 1 is 1.36 bits per heavy atom. The van der Waals surface area contributed by atoms with Gasteiger partial charge in [-0.15, -0.1) is 0 Å². The molecule has 0 saturated carbocycles.